The third-order valence-electron chi connectivity index (χ3n) is 2.16. The molecule has 0 fully saturated rings. The van der Waals surface area contributed by atoms with Crippen LogP contribution in [0.1, 0.15) is 25.5 Å². The summed E-state index contributed by atoms with van der Waals surface area (Å²) in [6, 6.07) is 5.11. The van der Waals surface area contributed by atoms with E-state index in [1.54, 1.807) is 12.1 Å². The normalized spacial score (nSPS) is 11.5. The van der Waals surface area contributed by atoms with Gasteiger partial charge in [-0.1, -0.05) is 6.92 Å². The van der Waals surface area contributed by atoms with Crippen molar-refractivity contribution in [1.82, 2.24) is 4.98 Å². The topological polar surface area (TPSA) is 86.0 Å². The Hall–Kier alpha value is -2.09. The van der Waals surface area contributed by atoms with Crippen LogP contribution < -0.4 is 5.32 Å². The molecule has 84 valence electrons. The second kappa shape index (κ2) is 5.71. The van der Waals surface area contributed by atoms with Crippen LogP contribution in [0.2, 0.25) is 0 Å². The molecule has 5 nitrogen and oxygen atoms in total. The van der Waals surface area contributed by atoms with Crippen LogP contribution in [0, 0.1) is 11.3 Å². The fourth-order valence-electron chi connectivity index (χ4n) is 1.33. The molecule has 1 atom stereocenters. The Kier molecular flexibility index (Phi) is 4.28. The molecule has 0 bridgehead atoms. The number of aliphatic carboxylic acids is 1. The quantitative estimate of drug-likeness (QED) is 0.785. The van der Waals surface area contributed by atoms with Crippen molar-refractivity contribution in [2.75, 3.05) is 5.32 Å². The Balaban J connectivity index is 2.70. The summed E-state index contributed by atoms with van der Waals surface area (Å²) in [6.45, 7) is 1.91. The number of rotatable bonds is 5. The summed E-state index contributed by atoms with van der Waals surface area (Å²) in [5, 5.41) is 20.4. The third-order valence-corrected chi connectivity index (χ3v) is 2.16. The van der Waals surface area contributed by atoms with Gasteiger partial charge in [0.15, 0.2) is 0 Å². The van der Waals surface area contributed by atoms with Gasteiger partial charge in [0.2, 0.25) is 0 Å². The van der Waals surface area contributed by atoms with E-state index >= 15 is 0 Å². The Bertz CT molecular complexity index is 412. The summed E-state index contributed by atoms with van der Waals surface area (Å²) in [7, 11) is 0. The summed E-state index contributed by atoms with van der Waals surface area (Å²) in [5.41, 5.74) is 1.04. The molecule has 1 heterocycles. The third kappa shape index (κ3) is 3.58. The number of anilines is 1. The zero-order valence-electron chi connectivity index (χ0n) is 8.97. The summed E-state index contributed by atoms with van der Waals surface area (Å²) < 4.78 is 0. The van der Waals surface area contributed by atoms with Crippen LogP contribution in [0.25, 0.3) is 0 Å². The molecule has 1 aromatic heterocycles. The van der Waals surface area contributed by atoms with Crippen molar-refractivity contribution in [3.63, 3.8) is 0 Å². The molecule has 0 aromatic carbocycles. The van der Waals surface area contributed by atoms with Crippen LogP contribution in [0.4, 0.5) is 5.69 Å². The Morgan fingerprint density at radius 1 is 1.75 bits per heavy atom. The molecule has 5 heteroatoms. The summed E-state index contributed by atoms with van der Waals surface area (Å²) in [6.07, 6.45) is 2.28. The molecule has 16 heavy (non-hydrogen) atoms. The molecule has 0 spiro atoms. The monoisotopic (exact) mass is 219 g/mol. The molecule has 0 saturated heterocycles. The Labute approximate surface area is 93.7 Å². The predicted octanol–water partition coefficient (Wildman–Crippen LogP) is 1.62. The Morgan fingerprint density at radius 2 is 2.50 bits per heavy atom. The number of nitrogens with zero attached hydrogens (tertiary/aromatic N) is 2. The van der Waals surface area contributed by atoms with Gasteiger partial charge < -0.3 is 10.4 Å². The van der Waals surface area contributed by atoms with Gasteiger partial charge in [-0.05, 0) is 18.6 Å². The van der Waals surface area contributed by atoms with E-state index in [-0.39, 0.29) is 12.5 Å². The minimum Gasteiger partial charge on any atom is -0.481 e. The lowest BCUT2D eigenvalue weighted by molar-refractivity contribution is -0.137. The van der Waals surface area contributed by atoms with Crippen molar-refractivity contribution in [3.05, 3.63) is 24.0 Å². The van der Waals surface area contributed by atoms with Gasteiger partial charge >= 0.3 is 5.97 Å². The van der Waals surface area contributed by atoms with Crippen molar-refractivity contribution in [3.8, 4) is 6.07 Å². The van der Waals surface area contributed by atoms with Crippen LogP contribution in [0.15, 0.2) is 18.3 Å². The lowest BCUT2D eigenvalue weighted by Crippen LogP contribution is -2.22. The van der Waals surface area contributed by atoms with Crippen molar-refractivity contribution in [2.24, 2.45) is 0 Å². The summed E-state index contributed by atoms with van der Waals surface area (Å²) in [5.74, 6) is -0.839. The molecule has 0 saturated carbocycles. The highest BCUT2D eigenvalue weighted by Gasteiger charge is 2.10. The molecule has 1 aromatic rings. The number of carboxylic acids is 1. The second-order valence-corrected chi connectivity index (χ2v) is 3.39. The SMILES string of the molecule is CCC(CC(=O)O)Nc1ccnc(C#N)c1. The predicted molar refractivity (Wildman–Crippen MR) is 58.9 cm³/mol. The van der Waals surface area contributed by atoms with E-state index in [4.69, 9.17) is 10.4 Å². The number of pyridine rings is 1. The van der Waals surface area contributed by atoms with Crippen molar-refractivity contribution < 1.29 is 9.90 Å². The van der Waals surface area contributed by atoms with Gasteiger partial charge in [0, 0.05) is 17.9 Å². The molecular formula is C11H13N3O2. The maximum absolute atomic E-state index is 10.6. The molecule has 0 radical (unpaired) electrons. The van der Waals surface area contributed by atoms with E-state index in [0.29, 0.717) is 12.1 Å². The molecule has 0 aliphatic heterocycles. The zero-order chi connectivity index (χ0) is 12.0. The van der Waals surface area contributed by atoms with Crippen LogP contribution >= 0.6 is 0 Å². The highest BCUT2D eigenvalue weighted by atomic mass is 16.4. The van der Waals surface area contributed by atoms with E-state index in [1.807, 2.05) is 13.0 Å². The fourth-order valence-corrected chi connectivity index (χ4v) is 1.33. The molecule has 1 unspecified atom stereocenters. The maximum Gasteiger partial charge on any atom is 0.305 e. The molecule has 0 aliphatic rings. The molecule has 0 aliphatic carbocycles. The van der Waals surface area contributed by atoms with Gasteiger partial charge in [0.05, 0.1) is 6.42 Å². The van der Waals surface area contributed by atoms with E-state index in [1.165, 1.54) is 6.20 Å². The van der Waals surface area contributed by atoms with Crippen LogP contribution in [-0.2, 0) is 4.79 Å². The maximum atomic E-state index is 10.6. The van der Waals surface area contributed by atoms with E-state index in [0.717, 1.165) is 5.69 Å². The smallest absolute Gasteiger partial charge is 0.305 e. The number of carbonyl (C=O) groups is 1. The first-order valence-electron chi connectivity index (χ1n) is 5.00. The number of nitriles is 1. The second-order valence-electron chi connectivity index (χ2n) is 3.39. The molecule has 1 rings (SSSR count). The lowest BCUT2D eigenvalue weighted by atomic mass is 10.1. The van der Waals surface area contributed by atoms with Crippen molar-refractivity contribution in [1.29, 1.82) is 5.26 Å². The number of carboxylic acid groups (broad SMARTS) is 1. The van der Waals surface area contributed by atoms with E-state index in [2.05, 4.69) is 10.3 Å². The van der Waals surface area contributed by atoms with Gasteiger partial charge in [-0.2, -0.15) is 5.26 Å². The van der Waals surface area contributed by atoms with Crippen LogP contribution in [0.5, 0.6) is 0 Å². The van der Waals surface area contributed by atoms with Gasteiger partial charge in [-0.3, -0.25) is 4.79 Å². The first-order valence-corrected chi connectivity index (χ1v) is 5.00. The number of aromatic nitrogens is 1. The van der Waals surface area contributed by atoms with Gasteiger partial charge in [-0.15, -0.1) is 0 Å². The van der Waals surface area contributed by atoms with Gasteiger partial charge in [0.1, 0.15) is 11.8 Å². The molecule has 2 N–H and O–H groups in total. The molecule has 0 amide bonds. The number of hydrogen-bond donors (Lipinski definition) is 2. The minimum atomic E-state index is -0.839. The Morgan fingerprint density at radius 3 is 3.06 bits per heavy atom. The first-order chi connectivity index (χ1) is 7.65. The van der Waals surface area contributed by atoms with Crippen molar-refractivity contribution in [2.45, 2.75) is 25.8 Å². The zero-order valence-corrected chi connectivity index (χ0v) is 8.97. The summed E-state index contributed by atoms with van der Waals surface area (Å²) >= 11 is 0. The minimum absolute atomic E-state index is 0.0563. The average molecular weight is 219 g/mol. The van der Waals surface area contributed by atoms with Gasteiger partial charge in [-0.25, -0.2) is 4.98 Å². The largest absolute Gasteiger partial charge is 0.481 e. The highest BCUT2D eigenvalue weighted by Crippen LogP contribution is 2.12. The first kappa shape index (κ1) is 12.0. The lowest BCUT2D eigenvalue weighted by Gasteiger charge is -2.15. The number of hydrogen-bond acceptors (Lipinski definition) is 4. The van der Waals surface area contributed by atoms with E-state index < -0.39 is 5.97 Å². The summed E-state index contributed by atoms with van der Waals surface area (Å²) in [4.78, 5) is 14.4. The van der Waals surface area contributed by atoms with Gasteiger partial charge in [0.25, 0.3) is 0 Å². The van der Waals surface area contributed by atoms with Crippen LogP contribution in [-0.4, -0.2) is 22.1 Å². The van der Waals surface area contributed by atoms with Crippen molar-refractivity contribution >= 4 is 11.7 Å². The number of nitrogens with one attached hydrogen (secondary N) is 1. The fraction of sp³-hybridized carbons (Fsp3) is 0.364. The van der Waals surface area contributed by atoms with Crippen LogP contribution in [0.3, 0.4) is 0 Å². The molecular weight excluding hydrogens is 206 g/mol. The highest BCUT2D eigenvalue weighted by molar-refractivity contribution is 5.68. The van der Waals surface area contributed by atoms with E-state index in [9.17, 15) is 4.79 Å². The average Bonchev–Trinajstić information content (AvgIpc) is 2.28. The standard InChI is InChI=1S/C11H13N3O2/c1-2-8(6-11(15)16)14-9-3-4-13-10(5-9)7-12/h3-5,8H,2,6H2,1H3,(H,13,14)(H,15,16).